The number of carbonyl (C=O) groups is 1. The molecular weight excluding hydrogens is 599 g/mol. The van der Waals surface area contributed by atoms with E-state index in [9.17, 15) is 9.18 Å². The minimum atomic E-state index is -0.372. The van der Waals surface area contributed by atoms with Gasteiger partial charge in [0.15, 0.2) is 24.3 Å². The summed E-state index contributed by atoms with van der Waals surface area (Å²) in [7, 11) is 0. The first-order valence-electron chi connectivity index (χ1n) is 15.3. The fourth-order valence-electron chi connectivity index (χ4n) is 4.93. The summed E-state index contributed by atoms with van der Waals surface area (Å²) in [6.45, 7) is 5.75. The normalized spacial score (nSPS) is 10.8. The Hall–Kier alpha value is -2.25. The van der Waals surface area contributed by atoms with Crippen LogP contribution in [0.25, 0.3) is 0 Å². The van der Waals surface area contributed by atoms with Crippen LogP contribution in [-0.4, -0.2) is 12.5 Å². The lowest BCUT2D eigenvalue weighted by atomic mass is 10.1. The number of amides is 1. The number of aromatic nitrogens is 1. The highest BCUT2D eigenvalue weighted by molar-refractivity contribution is 7.07. The predicted octanol–water partition coefficient (Wildman–Crippen LogP) is 6.25. The maximum absolute atomic E-state index is 14.8. The summed E-state index contributed by atoms with van der Waals surface area (Å²) in [6.07, 6.45) is 17.9. The minimum Gasteiger partial charge on any atom is -1.00 e. The Bertz CT molecular complexity index is 1110. The van der Waals surface area contributed by atoms with Crippen molar-refractivity contribution in [1.29, 1.82) is 0 Å². The lowest BCUT2D eigenvalue weighted by Crippen LogP contribution is -3.00. The zero-order valence-corrected chi connectivity index (χ0v) is 27.4. The first kappa shape index (κ1) is 34.9. The van der Waals surface area contributed by atoms with Crippen molar-refractivity contribution in [3.05, 3.63) is 76.5 Å². The fraction of sp³-hybridized carbons (Fsp3) is 0.529. The molecule has 3 rings (SSSR count). The smallest absolute Gasteiger partial charge is 0.227 e. The first-order chi connectivity index (χ1) is 19.6. The SMILES string of the molecule is CCCCCCCCCCCCCCOc1ccc(CN(C(=O)CC)c2ccc(C[n+]3ccsc3)cc2)cc1F.[Br-]. The maximum atomic E-state index is 14.8. The summed E-state index contributed by atoms with van der Waals surface area (Å²) >= 11 is 1.66. The van der Waals surface area contributed by atoms with Crippen molar-refractivity contribution in [2.24, 2.45) is 0 Å². The van der Waals surface area contributed by atoms with E-state index in [1.165, 1.54) is 70.3 Å². The highest BCUT2D eigenvalue weighted by Gasteiger charge is 2.16. The van der Waals surface area contributed by atoms with Crippen LogP contribution in [0.5, 0.6) is 5.75 Å². The van der Waals surface area contributed by atoms with Crippen molar-refractivity contribution < 1.29 is 35.5 Å². The van der Waals surface area contributed by atoms with E-state index in [0.717, 1.165) is 36.2 Å². The molecule has 0 saturated heterocycles. The van der Waals surface area contributed by atoms with Gasteiger partial charge in [-0.05, 0) is 36.2 Å². The van der Waals surface area contributed by atoms with Crippen molar-refractivity contribution in [1.82, 2.24) is 0 Å². The van der Waals surface area contributed by atoms with Crippen LogP contribution in [0, 0.1) is 5.82 Å². The van der Waals surface area contributed by atoms with Crippen LogP contribution in [0.1, 0.15) is 108 Å². The van der Waals surface area contributed by atoms with E-state index in [1.807, 2.05) is 48.8 Å². The molecule has 0 N–H and O–H groups in total. The number of hydrogen-bond acceptors (Lipinski definition) is 3. The van der Waals surface area contributed by atoms with Crippen LogP contribution >= 0.6 is 11.3 Å². The summed E-state index contributed by atoms with van der Waals surface area (Å²) in [5.41, 5.74) is 4.80. The number of nitrogens with zero attached hydrogens (tertiary/aromatic N) is 2. The van der Waals surface area contributed by atoms with E-state index in [4.69, 9.17) is 4.74 Å². The van der Waals surface area contributed by atoms with Gasteiger partial charge >= 0.3 is 0 Å². The van der Waals surface area contributed by atoms with Gasteiger partial charge in [-0.15, -0.1) is 0 Å². The van der Waals surface area contributed by atoms with Gasteiger partial charge < -0.3 is 26.6 Å². The van der Waals surface area contributed by atoms with Crippen molar-refractivity contribution >= 4 is 22.9 Å². The predicted molar refractivity (Wildman–Crippen MR) is 165 cm³/mol. The maximum Gasteiger partial charge on any atom is 0.227 e. The van der Waals surface area contributed by atoms with E-state index in [2.05, 4.69) is 17.0 Å². The monoisotopic (exact) mass is 646 g/mol. The van der Waals surface area contributed by atoms with Crippen LogP contribution < -0.4 is 31.2 Å². The molecule has 0 spiro atoms. The van der Waals surface area contributed by atoms with E-state index < -0.39 is 0 Å². The van der Waals surface area contributed by atoms with Crippen LogP contribution in [0.15, 0.2) is 59.6 Å². The number of unbranched alkanes of at least 4 members (excludes halogenated alkanes) is 11. The number of thiazole rings is 1. The van der Waals surface area contributed by atoms with Crippen molar-refractivity contribution in [3.63, 3.8) is 0 Å². The molecule has 0 bridgehead atoms. The van der Waals surface area contributed by atoms with Gasteiger partial charge in [-0.25, -0.2) is 4.39 Å². The average molecular weight is 648 g/mol. The second-order valence-corrected chi connectivity index (χ2v) is 11.5. The largest absolute Gasteiger partial charge is 1.00 e. The molecule has 3 aromatic rings. The second kappa shape index (κ2) is 20.6. The van der Waals surface area contributed by atoms with Gasteiger partial charge in [-0.1, -0.05) is 114 Å². The molecule has 226 valence electrons. The highest BCUT2D eigenvalue weighted by Crippen LogP contribution is 2.24. The lowest BCUT2D eigenvalue weighted by molar-refractivity contribution is -0.683. The summed E-state index contributed by atoms with van der Waals surface area (Å²) in [6, 6.07) is 13.1. The third-order valence-electron chi connectivity index (χ3n) is 7.34. The Kier molecular flexibility index (Phi) is 17.6. The molecule has 7 heteroatoms. The van der Waals surface area contributed by atoms with Gasteiger partial charge in [0.05, 0.1) is 18.5 Å². The Morgan fingerprint density at radius 1 is 0.854 bits per heavy atom. The number of benzene rings is 2. The van der Waals surface area contributed by atoms with Crippen molar-refractivity contribution in [3.8, 4) is 5.75 Å². The van der Waals surface area contributed by atoms with E-state index >= 15 is 0 Å². The number of hydrogen-bond donors (Lipinski definition) is 0. The Morgan fingerprint density at radius 2 is 1.46 bits per heavy atom. The fourth-order valence-corrected chi connectivity index (χ4v) is 5.52. The Labute approximate surface area is 261 Å². The Morgan fingerprint density at radius 3 is 2.02 bits per heavy atom. The van der Waals surface area contributed by atoms with Crippen molar-refractivity contribution in [2.45, 2.75) is 110 Å². The molecule has 41 heavy (non-hydrogen) atoms. The molecule has 0 aliphatic rings. The number of anilines is 1. The number of ether oxygens (including phenoxy) is 1. The molecule has 0 atom stereocenters. The summed E-state index contributed by atoms with van der Waals surface area (Å²) in [5.74, 6) is -0.0772. The topological polar surface area (TPSA) is 33.4 Å². The van der Waals surface area contributed by atoms with Crippen LogP contribution in [0.4, 0.5) is 10.1 Å². The molecule has 0 fully saturated rings. The van der Waals surface area contributed by atoms with Crippen LogP contribution in [-0.2, 0) is 17.9 Å². The van der Waals surface area contributed by atoms with Gasteiger partial charge in [0.25, 0.3) is 0 Å². The lowest BCUT2D eigenvalue weighted by Gasteiger charge is -2.23. The third kappa shape index (κ3) is 13.1. The standard InChI is InChI=1S/C34H48FN2O2S.BrH/c1-3-5-6-7-8-9-10-11-12-13-14-15-23-39-33-21-18-30(25-32(33)35)27-37(34(38)4-2)31-19-16-29(17-20-31)26-36-22-24-40-28-36;/h16-22,24-25,28H,3-15,23,26-27H2,1-2H3;1H/q+1;/p-1. The Balaban J connectivity index is 0.00000588. The summed E-state index contributed by atoms with van der Waals surface area (Å²) in [5, 5.41) is 2.05. The van der Waals surface area contributed by atoms with Gasteiger partial charge in [-0.3, -0.25) is 4.79 Å². The first-order valence-corrected chi connectivity index (χ1v) is 16.3. The van der Waals surface area contributed by atoms with Crippen LogP contribution in [0.3, 0.4) is 0 Å². The molecule has 0 aliphatic heterocycles. The molecule has 0 unspecified atom stereocenters. The average Bonchev–Trinajstić information content (AvgIpc) is 3.48. The molecular formula is C34H48BrFN2O2S. The van der Waals surface area contributed by atoms with Crippen molar-refractivity contribution in [2.75, 3.05) is 11.5 Å². The van der Waals surface area contributed by atoms with Gasteiger partial charge in [0, 0.05) is 17.7 Å². The second-order valence-electron chi connectivity index (χ2n) is 10.7. The molecule has 1 aromatic heterocycles. The van der Waals surface area contributed by atoms with E-state index in [-0.39, 0.29) is 34.5 Å². The molecule has 0 saturated carbocycles. The van der Waals surface area contributed by atoms with Gasteiger partial charge in [0.1, 0.15) is 0 Å². The molecule has 0 aliphatic carbocycles. The molecule has 2 aromatic carbocycles. The quantitative estimate of drug-likeness (QED) is 0.107. The molecule has 1 amide bonds. The van der Waals surface area contributed by atoms with Crippen LogP contribution in [0.2, 0.25) is 0 Å². The highest BCUT2D eigenvalue weighted by atomic mass is 79.9. The van der Waals surface area contributed by atoms with Gasteiger partial charge in [-0.2, -0.15) is 4.57 Å². The minimum absolute atomic E-state index is 0. The van der Waals surface area contributed by atoms with E-state index in [0.29, 0.717) is 19.6 Å². The summed E-state index contributed by atoms with van der Waals surface area (Å²) < 4.78 is 22.7. The number of halogens is 2. The number of rotatable bonds is 20. The number of carbonyl (C=O) groups excluding carboxylic acids is 1. The zero-order chi connectivity index (χ0) is 28.4. The molecule has 4 nitrogen and oxygen atoms in total. The third-order valence-corrected chi connectivity index (χ3v) is 8.01. The van der Waals surface area contributed by atoms with Gasteiger partial charge in [0.2, 0.25) is 11.4 Å². The summed E-state index contributed by atoms with van der Waals surface area (Å²) in [4.78, 5) is 14.5. The molecule has 1 heterocycles. The van der Waals surface area contributed by atoms with E-state index in [1.54, 1.807) is 22.3 Å². The molecule has 0 radical (unpaired) electrons. The zero-order valence-electron chi connectivity index (χ0n) is 25.0.